The highest BCUT2D eigenvalue weighted by atomic mass is 79.9. The molecule has 0 amide bonds. The van der Waals surface area contributed by atoms with E-state index >= 15 is 0 Å². The van der Waals surface area contributed by atoms with Crippen molar-refractivity contribution in [1.29, 1.82) is 0 Å². The molecule has 10 heteroatoms. The second kappa shape index (κ2) is 10.3. The molecule has 8 nitrogen and oxygen atoms in total. The Kier molecular flexibility index (Phi) is 7.37. The Morgan fingerprint density at radius 1 is 1.06 bits per heavy atom. The Labute approximate surface area is 224 Å². The summed E-state index contributed by atoms with van der Waals surface area (Å²) in [7, 11) is 0. The molecule has 0 aliphatic heterocycles. The predicted octanol–water partition coefficient (Wildman–Crippen LogP) is 6.59. The van der Waals surface area contributed by atoms with Crippen LogP contribution in [0.15, 0.2) is 79.5 Å². The number of nitrogens with zero attached hydrogens (tertiary/aromatic N) is 4. The summed E-state index contributed by atoms with van der Waals surface area (Å²) in [5.41, 5.74) is 0.897. The number of hydrogen-bond donors (Lipinski definition) is 0. The lowest BCUT2D eigenvalue weighted by Crippen LogP contribution is -2.29. The number of fused-ring (bicyclic) bond motifs is 1. The van der Waals surface area contributed by atoms with E-state index in [-0.39, 0.29) is 17.9 Å². The third kappa shape index (κ3) is 5.71. The molecule has 1 aromatic heterocycles. The van der Waals surface area contributed by atoms with Gasteiger partial charge in [0, 0.05) is 32.1 Å². The molecule has 0 spiro atoms. The molecule has 0 saturated heterocycles. The van der Waals surface area contributed by atoms with Gasteiger partial charge in [-0.1, -0.05) is 64.8 Å². The predicted molar refractivity (Wildman–Crippen MR) is 147 cm³/mol. The van der Waals surface area contributed by atoms with Crippen LogP contribution in [-0.2, 0) is 12.0 Å². The molecule has 4 aromatic rings. The van der Waals surface area contributed by atoms with E-state index in [9.17, 15) is 14.9 Å². The highest BCUT2D eigenvalue weighted by Crippen LogP contribution is 2.26. The summed E-state index contributed by atoms with van der Waals surface area (Å²) in [5.74, 6) is 0.857. The molecule has 0 N–H and O–H groups in total. The van der Waals surface area contributed by atoms with Gasteiger partial charge in [-0.05, 0) is 42.0 Å². The van der Waals surface area contributed by atoms with E-state index in [4.69, 9.17) is 9.72 Å². The van der Waals surface area contributed by atoms with Gasteiger partial charge in [0.15, 0.2) is 0 Å². The van der Waals surface area contributed by atoms with Gasteiger partial charge >= 0.3 is 0 Å². The van der Waals surface area contributed by atoms with Crippen LogP contribution in [0.3, 0.4) is 0 Å². The van der Waals surface area contributed by atoms with Crippen molar-refractivity contribution in [3.63, 3.8) is 0 Å². The number of nitro groups is 1. The van der Waals surface area contributed by atoms with Crippen LogP contribution < -0.4 is 10.3 Å². The van der Waals surface area contributed by atoms with E-state index in [1.54, 1.807) is 12.1 Å². The molecule has 0 atom stereocenters. The fourth-order valence-electron chi connectivity index (χ4n) is 3.48. The molecule has 0 bridgehead atoms. The first-order chi connectivity index (χ1) is 17.0. The lowest BCUT2D eigenvalue weighted by molar-refractivity contribution is -0.384. The maximum Gasteiger partial charge on any atom is 0.282 e. The van der Waals surface area contributed by atoms with E-state index in [1.165, 1.54) is 29.1 Å². The van der Waals surface area contributed by atoms with E-state index in [0.29, 0.717) is 28.0 Å². The number of nitro benzene ring substituents is 1. The second-order valence-corrected chi connectivity index (χ2v) is 10.9. The van der Waals surface area contributed by atoms with Crippen LogP contribution in [0.2, 0.25) is 0 Å². The number of hydrogen-bond acceptors (Lipinski definition) is 6. The van der Waals surface area contributed by atoms with Gasteiger partial charge in [-0.2, -0.15) is 9.78 Å². The van der Waals surface area contributed by atoms with Crippen LogP contribution in [0.25, 0.3) is 10.9 Å². The number of rotatable bonds is 6. The molecular weight excluding hydrogens is 592 g/mol. The van der Waals surface area contributed by atoms with Crippen LogP contribution in [0.1, 0.15) is 37.7 Å². The van der Waals surface area contributed by atoms with Gasteiger partial charge < -0.3 is 4.74 Å². The van der Waals surface area contributed by atoms with Gasteiger partial charge in [-0.25, -0.2) is 4.98 Å². The Balaban J connectivity index is 1.79. The smallest absolute Gasteiger partial charge is 0.282 e. The maximum absolute atomic E-state index is 13.4. The van der Waals surface area contributed by atoms with Gasteiger partial charge in [0.1, 0.15) is 18.2 Å². The topological polar surface area (TPSA) is 99.6 Å². The second-order valence-electron chi connectivity index (χ2n) is 9.10. The molecule has 36 heavy (non-hydrogen) atoms. The Morgan fingerprint density at radius 3 is 2.42 bits per heavy atom. The standard InChI is InChI=1S/C26H22Br2N4O4/c1-26(2,3)25-30-22-10-8-19(28)13-21(22)24(33)31(25)29-14-17-12-20(32(34)35)9-11-23(17)36-15-16-4-6-18(27)7-5-16/h4-14H,15H2,1-3H3. The van der Waals surface area contributed by atoms with Crippen LogP contribution in [-0.4, -0.2) is 20.8 Å². The van der Waals surface area contributed by atoms with Crippen molar-refractivity contribution in [2.45, 2.75) is 32.8 Å². The minimum Gasteiger partial charge on any atom is -0.488 e. The van der Waals surface area contributed by atoms with Crippen molar-refractivity contribution in [3.05, 3.63) is 107 Å². The maximum atomic E-state index is 13.4. The summed E-state index contributed by atoms with van der Waals surface area (Å²) in [5, 5.41) is 16.3. The third-order valence-electron chi connectivity index (χ3n) is 5.30. The Morgan fingerprint density at radius 2 is 1.75 bits per heavy atom. The molecule has 0 saturated carbocycles. The quantitative estimate of drug-likeness (QED) is 0.139. The van der Waals surface area contributed by atoms with Gasteiger partial charge in [0.2, 0.25) is 0 Å². The monoisotopic (exact) mass is 612 g/mol. The summed E-state index contributed by atoms with van der Waals surface area (Å²) >= 11 is 6.80. The Hall–Kier alpha value is -3.37. The molecule has 0 radical (unpaired) electrons. The lowest BCUT2D eigenvalue weighted by Gasteiger charge is -2.21. The number of non-ortho nitro benzene ring substituents is 1. The number of ether oxygens (including phenoxy) is 1. The van der Waals surface area contributed by atoms with Crippen LogP contribution in [0, 0.1) is 10.1 Å². The fraction of sp³-hybridized carbons (Fsp3) is 0.192. The minimum atomic E-state index is -0.499. The largest absolute Gasteiger partial charge is 0.488 e. The molecule has 3 aromatic carbocycles. The van der Waals surface area contributed by atoms with Crippen molar-refractivity contribution in [3.8, 4) is 5.75 Å². The summed E-state index contributed by atoms with van der Waals surface area (Å²) in [6.45, 7) is 6.06. The number of benzene rings is 3. The summed E-state index contributed by atoms with van der Waals surface area (Å²) < 4.78 is 8.90. The first-order valence-electron chi connectivity index (χ1n) is 11.0. The number of halogens is 2. The lowest BCUT2D eigenvalue weighted by atomic mass is 9.95. The van der Waals surface area contributed by atoms with Gasteiger partial charge in [-0.15, -0.1) is 0 Å². The molecule has 184 valence electrons. The average molecular weight is 614 g/mol. The molecule has 0 fully saturated rings. The van der Waals surface area contributed by atoms with Gasteiger partial charge in [-0.3, -0.25) is 14.9 Å². The normalized spacial score (nSPS) is 11.8. The summed E-state index contributed by atoms with van der Waals surface area (Å²) in [6, 6.07) is 17.2. The summed E-state index contributed by atoms with van der Waals surface area (Å²) in [6.07, 6.45) is 1.39. The minimum absolute atomic E-state index is 0.114. The van der Waals surface area contributed by atoms with Crippen molar-refractivity contribution in [2.24, 2.45) is 5.10 Å². The first-order valence-corrected chi connectivity index (χ1v) is 12.5. The summed E-state index contributed by atoms with van der Waals surface area (Å²) in [4.78, 5) is 29.0. The molecule has 0 aliphatic carbocycles. The fourth-order valence-corrected chi connectivity index (χ4v) is 4.11. The molecule has 0 unspecified atom stereocenters. The van der Waals surface area contributed by atoms with E-state index in [1.807, 2.05) is 51.1 Å². The van der Waals surface area contributed by atoms with Crippen LogP contribution >= 0.6 is 31.9 Å². The van der Waals surface area contributed by atoms with E-state index < -0.39 is 10.3 Å². The van der Waals surface area contributed by atoms with Crippen molar-refractivity contribution in [2.75, 3.05) is 0 Å². The van der Waals surface area contributed by atoms with Crippen LogP contribution in [0.5, 0.6) is 5.75 Å². The average Bonchev–Trinajstić information content (AvgIpc) is 2.83. The van der Waals surface area contributed by atoms with Gasteiger partial charge in [0.05, 0.1) is 22.0 Å². The molecule has 4 rings (SSSR count). The SMILES string of the molecule is CC(C)(C)c1nc2ccc(Br)cc2c(=O)n1N=Cc1cc([N+](=O)[O-])ccc1OCc1ccc(Br)cc1. The Bertz CT molecular complexity index is 1540. The van der Waals surface area contributed by atoms with E-state index in [2.05, 4.69) is 37.0 Å². The van der Waals surface area contributed by atoms with Crippen molar-refractivity contribution in [1.82, 2.24) is 9.66 Å². The molecule has 1 heterocycles. The van der Waals surface area contributed by atoms with Crippen LogP contribution in [0.4, 0.5) is 5.69 Å². The highest BCUT2D eigenvalue weighted by molar-refractivity contribution is 9.10. The zero-order valence-corrected chi connectivity index (χ0v) is 22.9. The number of aromatic nitrogens is 2. The van der Waals surface area contributed by atoms with Gasteiger partial charge in [0.25, 0.3) is 11.2 Å². The molecular formula is C26H22Br2N4O4. The third-order valence-corrected chi connectivity index (χ3v) is 6.33. The zero-order chi connectivity index (χ0) is 26.0. The first kappa shape index (κ1) is 25.7. The highest BCUT2D eigenvalue weighted by Gasteiger charge is 2.23. The van der Waals surface area contributed by atoms with Crippen molar-refractivity contribution >= 4 is 54.7 Å². The van der Waals surface area contributed by atoms with Crippen molar-refractivity contribution < 1.29 is 9.66 Å². The van der Waals surface area contributed by atoms with E-state index in [0.717, 1.165) is 14.5 Å². The zero-order valence-electron chi connectivity index (χ0n) is 19.7. The molecule has 0 aliphatic rings.